The average molecular weight is 630 g/mol. The number of esters is 3. The number of ether oxygens (including phenoxy) is 5. The third-order valence-corrected chi connectivity index (χ3v) is 9.64. The van der Waals surface area contributed by atoms with Gasteiger partial charge in [0.2, 0.25) is 5.91 Å². The highest BCUT2D eigenvalue weighted by atomic mass is 16.6. The van der Waals surface area contributed by atoms with Crippen LogP contribution in [0.25, 0.3) is 0 Å². The van der Waals surface area contributed by atoms with Gasteiger partial charge in [-0.25, -0.2) is 14.4 Å². The zero-order valence-electron chi connectivity index (χ0n) is 26.4. The lowest BCUT2D eigenvalue weighted by Crippen LogP contribution is -2.74. The van der Waals surface area contributed by atoms with Crippen molar-refractivity contribution in [2.24, 2.45) is 5.73 Å². The average Bonchev–Trinajstić information content (AvgIpc) is 3.35. The first kappa shape index (κ1) is 32.7. The molecule has 0 radical (unpaired) electrons. The van der Waals surface area contributed by atoms with E-state index >= 15 is 0 Å². The number of hydrogen-bond acceptors (Lipinski definition) is 12. The number of nitrogens with two attached hydrogens (primary N) is 1. The van der Waals surface area contributed by atoms with E-state index in [1.54, 1.807) is 13.2 Å². The topological polar surface area (TPSA) is 176 Å². The molecule has 0 aromatic heterocycles. The Morgan fingerprint density at radius 1 is 1.13 bits per heavy atom. The van der Waals surface area contributed by atoms with Crippen molar-refractivity contribution in [1.29, 1.82) is 0 Å². The number of likely N-dealkylation sites (tertiary alicyclic amines) is 1. The number of nitrogens with zero attached hydrogens (tertiary/aromatic N) is 1. The molecule has 1 amide bonds. The van der Waals surface area contributed by atoms with E-state index < -0.39 is 59.2 Å². The first-order valence-electron chi connectivity index (χ1n) is 15.5. The maximum Gasteiger partial charge on any atom is 0.352 e. The maximum absolute atomic E-state index is 13.3. The summed E-state index contributed by atoms with van der Waals surface area (Å²) < 4.78 is 28.5. The molecule has 2 aliphatic carbocycles. The summed E-state index contributed by atoms with van der Waals surface area (Å²) in [4.78, 5) is 52.5. The van der Waals surface area contributed by atoms with Gasteiger partial charge >= 0.3 is 17.9 Å². The predicted molar refractivity (Wildman–Crippen MR) is 159 cm³/mol. The van der Waals surface area contributed by atoms with Crippen molar-refractivity contribution in [2.45, 2.75) is 101 Å². The Kier molecular flexibility index (Phi) is 9.16. The van der Waals surface area contributed by atoms with Crippen LogP contribution in [-0.4, -0.2) is 97.1 Å². The fourth-order valence-corrected chi connectivity index (χ4v) is 7.40. The minimum atomic E-state index is -1.35. The second-order valence-corrected chi connectivity index (χ2v) is 12.4. The second-order valence-electron chi connectivity index (χ2n) is 12.4. The third-order valence-electron chi connectivity index (χ3n) is 9.64. The molecule has 2 bridgehead atoms. The number of benzene rings is 1. The lowest BCUT2D eigenvalue weighted by Gasteiger charge is -2.61. The van der Waals surface area contributed by atoms with Gasteiger partial charge in [0.05, 0.1) is 18.1 Å². The number of nitrogens with one attached hydrogen (secondary N) is 1. The van der Waals surface area contributed by atoms with Crippen molar-refractivity contribution in [1.82, 2.24) is 10.2 Å². The van der Waals surface area contributed by atoms with Crippen molar-refractivity contribution < 1.29 is 48.0 Å². The lowest BCUT2D eigenvalue weighted by atomic mass is 9.50. The molecule has 1 spiro atoms. The van der Waals surface area contributed by atoms with E-state index in [-0.39, 0.29) is 18.2 Å². The molecule has 5 rings (SSSR count). The van der Waals surface area contributed by atoms with E-state index in [0.717, 1.165) is 11.1 Å². The number of piperidine rings is 1. The predicted octanol–water partition coefficient (Wildman–Crippen LogP) is 1.01. The van der Waals surface area contributed by atoms with Crippen molar-refractivity contribution in [3.05, 3.63) is 35.1 Å². The van der Waals surface area contributed by atoms with Crippen LogP contribution in [0.2, 0.25) is 0 Å². The number of unbranched alkanes of at least 4 members (excludes halogenated alkanes) is 1. The number of likely N-dealkylation sites (N-methyl/N-ethyl adjacent to an activating group) is 1. The van der Waals surface area contributed by atoms with Gasteiger partial charge in [0.15, 0.2) is 29.8 Å². The minimum Gasteiger partial charge on any atom is -0.493 e. The van der Waals surface area contributed by atoms with Gasteiger partial charge in [-0.05, 0) is 83.8 Å². The van der Waals surface area contributed by atoms with Crippen LogP contribution >= 0.6 is 0 Å². The van der Waals surface area contributed by atoms with Crippen molar-refractivity contribution in [2.75, 3.05) is 27.2 Å². The van der Waals surface area contributed by atoms with Gasteiger partial charge in [0, 0.05) is 24.9 Å². The molecule has 45 heavy (non-hydrogen) atoms. The minimum absolute atomic E-state index is 0.160. The Morgan fingerprint density at radius 2 is 1.84 bits per heavy atom. The number of rotatable bonds is 12. The zero-order chi connectivity index (χ0) is 32.7. The van der Waals surface area contributed by atoms with Gasteiger partial charge in [-0.1, -0.05) is 6.07 Å². The number of methoxy groups -OCH3 is 1. The van der Waals surface area contributed by atoms with Crippen molar-refractivity contribution in [3.63, 3.8) is 0 Å². The largest absolute Gasteiger partial charge is 0.493 e. The summed E-state index contributed by atoms with van der Waals surface area (Å²) in [5, 5.41) is 14.8. The van der Waals surface area contributed by atoms with E-state index in [2.05, 4.69) is 10.2 Å². The molecule has 13 heteroatoms. The van der Waals surface area contributed by atoms with Crippen LogP contribution < -0.4 is 20.5 Å². The van der Waals surface area contributed by atoms with E-state index in [1.165, 1.54) is 20.8 Å². The summed E-state index contributed by atoms with van der Waals surface area (Å²) in [6.07, 6.45) is 1.17. The van der Waals surface area contributed by atoms with Gasteiger partial charge in [-0.15, -0.1) is 0 Å². The monoisotopic (exact) mass is 629 g/mol. The molecule has 1 aromatic rings. The summed E-state index contributed by atoms with van der Waals surface area (Å²) in [5.74, 6) is -1.70. The molecule has 1 unspecified atom stereocenters. The summed E-state index contributed by atoms with van der Waals surface area (Å²) >= 11 is 0. The Morgan fingerprint density at radius 3 is 2.53 bits per heavy atom. The van der Waals surface area contributed by atoms with Crippen molar-refractivity contribution >= 4 is 23.8 Å². The fourth-order valence-electron chi connectivity index (χ4n) is 7.40. The number of carbonyl (C=O) groups is 4. The first-order chi connectivity index (χ1) is 21.4. The summed E-state index contributed by atoms with van der Waals surface area (Å²) in [6, 6.07) is 2.75. The molecule has 1 fully saturated rings. The highest BCUT2D eigenvalue weighted by Crippen LogP contribution is 2.65. The van der Waals surface area contributed by atoms with Crippen LogP contribution in [-0.2, 0) is 45.2 Å². The van der Waals surface area contributed by atoms with E-state index in [1.807, 2.05) is 19.2 Å². The van der Waals surface area contributed by atoms with E-state index in [0.29, 0.717) is 56.7 Å². The molecule has 2 heterocycles. The summed E-state index contributed by atoms with van der Waals surface area (Å²) in [5.41, 5.74) is 5.46. The van der Waals surface area contributed by atoms with Gasteiger partial charge in [0.25, 0.3) is 0 Å². The Balaban J connectivity index is 1.28. The molecule has 4 N–H and O–H groups in total. The Hall–Kier alpha value is -3.68. The molecule has 1 saturated heterocycles. The summed E-state index contributed by atoms with van der Waals surface area (Å²) in [6.45, 7) is 5.10. The number of aliphatic hydroxyl groups is 1. The molecule has 1 aromatic carbocycles. The molecule has 0 saturated carbocycles. The van der Waals surface area contributed by atoms with E-state index in [4.69, 9.17) is 29.4 Å². The second kappa shape index (κ2) is 12.6. The normalized spacial score (nSPS) is 27.9. The number of carbonyl (C=O) groups excluding carboxylic acids is 4. The molecular formula is C32H43N3O10. The standard InChI is InChI=1S/C32H43N3O10/c1-17(43-30(39)21(34-19(3)36)8-6-7-14-33)28(37)42-18(2)29(38)44-23-11-12-32(40)24-16-20-9-10-22(41-5)26-25(20)31(32,27(23)45-26)13-15-35(24)4/h9-11,17-18,21,24,27,40H,6-8,12-16,33H2,1-5H3,(H,34,36)/t17-,18-,21?,24+,27-,31-,32+/m0/s1. The van der Waals surface area contributed by atoms with Gasteiger partial charge in [-0.2, -0.15) is 0 Å². The molecular weight excluding hydrogens is 586 g/mol. The smallest absolute Gasteiger partial charge is 0.352 e. The number of amides is 1. The van der Waals surface area contributed by atoms with E-state index in [9.17, 15) is 24.3 Å². The molecule has 2 aliphatic heterocycles. The highest BCUT2D eigenvalue weighted by molar-refractivity contribution is 5.86. The van der Waals surface area contributed by atoms with Crippen LogP contribution in [0.15, 0.2) is 24.0 Å². The van der Waals surface area contributed by atoms with Crippen LogP contribution in [0, 0.1) is 0 Å². The first-order valence-corrected chi connectivity index (χ1v) is 15.5. The number of hydrogen-bond donors (Lipinski definition) is 3. The fraction of sp³-hybridized carbons (Fsp3) is 0.625. The van der Waals surface area contributed by atoms with Gasteiger partial charge in [0.1, 0.15) is 11.8 Å². The third kappa shape index (κ3) is 5.55. The van der Waals surface area contributed by atoms with Crippen molar-refractivity contribution in [3.8, 4) is 11.5 Å². The lowest BCUT2D eigenvalue weighted by molar-refractivity contribution is -0.180. The Bertz CT molecular complexity index is 1400. The van der Waals surface area contributed by atoms with Crippen LogP contribution in [0.4, 0.5) is 0 Å². The van der Waals surface area contributed by atoms with Crippen LogP contribution in [0.3, 0.4) is 0 Å². The maximum atomic E-state index is 13.3. The van der Waals surface area contributed by atoms with Gasteiger partial charge < -0.3 is 44.7 Å². The molecule has 4 aliphatic rings. The summed E-state index contributed by atoms with van der Waals surface area (Å²) in [7, 11) is 3.56. The quantitative estimate of drug-likeness (QED) is 0.170. The molecule has 7 atom stereocenters. The Labute approximate surface area is 262 Å². The SMILES string of the molecule is COc1ccc2c3c1O[C@H]1C(OC(=O)[C@H](C)OC(=O)[C@H](C)OC(=O)C(CCCCN)NC(C)=O)=CC[C@@]4(O)[C@@H](C2)N(C)CC[C@]314. The highest BCUT2D eigenvalue weighted by Gasteiger charge is 2.72. The van der Waals surface area contributed by atoms with Crippen LogP contribution in [0.1, 0.15) is 64.0 Å². The molecule has 246 valence electrons. The zero-order valence-corrected chi connectivity index (χ0v) is 26.4. The van der Waals surface area contributed by atoms with Crippen LogP contribution in [0.5, 0.6) is 11.5 Å². The molecule has 13 nitrogen and oxygen atoms in total. The van der Waals surface area contributed by atoms with Gasteiger partial charge in [-0.3, -0.25) is 4.79 Å².